The Morgan fingerprint density at radius 3 is 2.84 bits per heavy atom. The first-order valence-electron chi connectivity index (χ1n) is 7.16. The lowest BCUT2D eigenvalue weighted by Crippen LogP contribution is -2.46. The van der Waals surface area contributed by atoms with Gasteiger partial charge in [0.1, 0.15) is 5.76 Å². The fourth-order valence-electron chi connectivity index (χ4n) is 2.31. The van der Waals surface area contributed by atoms with E-state index in [-0.39, 0.29) is 11.9 Å². The highest BCUT2D eigenvalue weighted by atomic mass is 16.4. The average Bonchev–Trinajstić information content (AvgIpc) is 2.93. The van der Waals surface area contributed by atoms with Gasteiger partial charge in [0, 0.05) is 19.5 Å². The van der Waals surface area contributed by atoms with Crippen molar-refractivity contribution in [1.29, 1.82) is 0 Å². The monoisotopic (exact) mass is 265 g/mol. The van der Waals surface area contributed by atoms with E-state index in [9.17, 15) is 4.79 Å². The van der Waals surface area contributed by atoms with Gasteiger partial charge in [0.05, 0.1) is 18.8 Å². The Morgan fingerprint density at radius 2 is 2.21 bits per heavy atom. The van der Waals surface area contributed by atoms with Gasteiger partial charge in [-0.3, -0.25) is 10.1 Å². The van der Waals surface area contributed by atoms with Crippen LogP contribution in [-0.4, -0.2) is 34.9 Å². The number of aromatic nitrogens is 1. The fourth-order valence-corrected chi connectivity index (χ4v) is 2.31. The number of nitrogens with one attached hydrogen (secondary N) is 1. The number of oxazole rings is 1. The van der Waals surface area contributed by atoms with Crippen LogP contribution in [0.5, 0.6) is 0 Å². The van der Waals surface area contributed by atoms with Crippen molar-refractivity contribution in [2.45, 2.75) is 52.1 Å². The second-order valence-corrected chi connectivity index (χ2v) is 5.06. The van der Waals surface area contributed by atoms with Crippen LogP contribution in [0.2, 0.25) is 0 Å². The smallest absolute Gasteiger partial charge is 0.239 e. The third kappa shape index (κ3) is 3.80. The van der Waals surface area contributed by atoms with Gasteiger partial charge >= 0.3 is 0 Å². The van der Waals surface area contributed by atoms with E-state index >= 15 is 0 Å². The molecule has 1 aliphatic rings. The van der Waals surface area contributed by atoms with E-state index in [1.54, 1.807) is 6.20 Å². The minimum Gasteiger partial charge on any atom is -0.444 e. The Hall–Kier alpha value is -1.36. The number of rotatable bonds is 5. The minimum absolute atomic E-state index is 0.182. The first kappa shape index (κ1) is 14.1. The quantitative estimate of drug-likeness (QED) is 0.881. The van der Waals surface area contributed by atoms with Gasteiger partial charge in [0.15, 0.2) is 0 Å². The second kappa shape index (κ2) is 6.70. The van der Waals surface area contributed by atoms with Gasteiger partial charge in [0.2, 0.25) is 11.8 Å². The van der Waals surface area contributed by atoms with Crippen LogP contribution in [0.25, 0.3) is 0 Å². The van der Waals surface area contributed by atoms with E-state index in [0.29, 0.717) is 12.4 Å². The average molecular weight is 265 g/mol. The summed E-state index contributed by atoms with van der Waals surface area (Å²) in [6, 6.07) is -0.185. The van der Waals surface area contributed by atoms with Gasteiger partial charge in [-0.1, -0.05) is 6.92 Å². The summed E-state index contributed by atoms with van der Waals surface area (Å²) >= 11 is 0. The maximum absolute atomic E-state index is 12.2. The molecule has 0 saturated carbocycles. The molecule has 106 valence electrons. The number of hydrogen-bond acceptors (Lipinski definition) is 4. The maximum Gasteiger partial charge on any atom is 0.239 e. The van der Waals surface area contributed by atoms with Crippen molar-refractivity contribution in [2.24, 2.45) is 0 Å². The zero-order chi connectivity index (χ0) is 13.7. The van der Waals surface area contributed by atoms with Crippen LogP contribution in [0.4, 0.5) is 0 Å². The summed E-state index contributed by atoms with van der Waals surface area (Å²) in [5.41, 5.74) is 0. The summed E-state index contributed by atoms with van der Waals surface area (Å²) in [5.74, 6) is 1.71. The van der Waals surface area contributed by atoms with Crippen molar-refractivity contribution in [3.63, 3.8) is 0 Å². The number of hydrogen-bond donors (Lipinski definition) is 1. The van der Waals surface area contributed by atoms with Crippen LogP contribution in [0.1, 0.15) is 44.8 Å². The molecular formula is C14H23N3O2. The Bertz CT molecular complexity index is 411. The van der Waals surface area contributed by atoms with E-state index < -0.39 is 0 Å². The van der Waals surface area contributed by atoms with E-state index in [1.165, 1.54) is 6.42 Å². The van der Waals surface area contributed by atoms with Crippen LogP contribution in [0, 0.1) is 0 Å². The normalized spacial score (nSPS) is 17.5. The third-order valence-electron chi connectivity index (χ3n) is 3.55. The van der Waals surface area contributed by atoms with Crippen LogP contribution < -0.4 is 5.32 Å². The van der Waals surface area contributed by atoms with Gasteiger partial charge in [0.25, 0.3) is 0 Å². The fraction of sp³-hybridized carbons (Fsp3) is 0.714. The van der Waals surface area contributed by atoms with Crippen LogP contribution >= 0.6 is 0 Å². The van der Waals surface area contributed by atoms with E-state index in [1.807, 2.05) is 18.7 Å². The molecule has 1 N–H and O–H groups in total. The minimum atomic E-state index is -0.185. The van der Waals surface area contributed by atoms with Gasteiger partial charge in [-0.25, -0.2) is 4.98 Å². The summed E-state index contributed by atoms with van der Waals surface area (Å²) in [5, 5.41) is 3.19. The zero-order valence-electron chi connectivity index (χ0n) is 11.8. The molecular weight excluding hydrogens is 242 g/mol. The summed E-state index contributed by atoms with van der Waals surface area (Å²) < 4.78 is 5.51. The molecule has 2 rings (SSSR count). The van der Waals surface area contributed by atoms with E-state index in [4.69, 9.17) is 4.42 Å². The highest BCUT2D eigenvalue weighted by Gasteiger charge is 2.21. The molecule has 2 heterocycles. The highest BCUT2D eigenvalue weighted by molar-refractivity contribution is 5.81. The molecule has 1 fully saturated rings. The Labute approximate surface area is 114 Å². The topological polar surface area (TPSA) is 58.4 Å². The van der Waals surface area contributed by atoms with Gasteiger partial charge < -0.3 is 9.32 Å². The van der Waals surface area contributed by atoms with Gasteiger partial charge in [-0.05, 0) is 26.2 Å². The molecule has 5 heteroatoms. The van der Waals surface area contributed by atoms with Crippen LogP contribution in [0.3, 0.4) is 0 Å². The standard InChI is InChI=1S/C14H23N3O2/c1-3-12-9-16-13(19-12)10-15-11(2)14(18)17-7-5-4-6-8-17/h9,11,15H,3-8,10H2,1-2H3. The number of nitrogens with zero attached hydrogens (tertiary/aromatic N) is 2. The summed E-state index contributed by atoms with van der Waals surface area (Å²) in [7, 11) is 0. The van der Waals surface area contributed by atoms with Crippen molar-refractivity contribution >= 4 is 5.91 Å². The number of amides is 1. The summed E-state index contributed by atoms with van der Waals surface area (Å²) in [4.78, 5) is 18.3. The number of aryl methyl sites for hydroxylation is 1. The van der Waals surface area contributed by atoms with Crippen LogP contribution in [-0.2, 0) is 17.8 Å². The Balaban J connectivity index is 1.79. The molecule has 19 heavy (non-hydrogen) atoms. The Kier molecular flexibility index (Phi) is 4.96. The van der Waals surface area contributed by atoms with Crippen molar-refractivity contribution in [3.8, 4) is 0 Å². The van der Waals surface area contributed by atoms with Crippen molar-refractivity contribution in [3.05, 3.63) is 17.8 Å². The molecule has 5 nitrogen and oxygen atoms in total. The maximum atomic E-state index is 12.2. The molecule has 1 atom stereocenters. The third-order valence-corrected chi connectivity index (χ3v) is 3.55. The SMILES string of the molecule is CCc1cnc(CNC(C)C(=O)N2CCCCC2)o1. The lowest BCUT2D eigenvalue weighted by Gasteiger charge is -2.29. The van der Waals surface area contributed by atoms with E-state index in [2.05, 4.69) is 10.3 Å². The van der Waals surface area contributed by atoms with Crippen LogP contribution in [0.15, 0.2) is 10.6 Å². The van der Waals surface area contributed by atoms with Crippen molar-refractivity contribution < 1.29 is 9.21 Å². The van der Waals surface area contributed by atoms with Gasteiger partial charge in [-0.15, -0.1) is 0 Å². The molecule has 1 amide bonds. The predicted molar refractivity (Wildman–Crippen MR) is 72.6 cm³/mol. The lowest BCUT2D eigenvalue weighted by molar-refractivity contribution is -0.134. The number of piperidine rings is 1. The Morgan fingerprint density at radius 1 is 1.47 bits per heavy atom. The molecule has 1 aliphatic heterocycles. The number of carbonyl (C=O) groups is 1. The molecule has 1 saturated heterocycles. The molecule has 0 aliphatic carbocycles. The number of carbonyl (C=O) groups excluding carboxylic acids is 1. The molecule has 1 aromatic rings. The first-order valence-corrected chi connectivity index (χ1v) is 7.16. The zero-order valence-corrected chi connectivity index (χ0v) is 11.8. The van der Waals surface area contributed by atoms with E-state index in [0.717, 1.165) is 38.1 Å². The highest BCUT2D eigenvalue weighted by Crippen LogP contribution is 2.10. The molecule has 0 bridgehead atoms. The second-order valence-electron chi connectivity index (χ2n) is 5.06. The molecule has 0 spiro atoms. The largest absolute Gasteiger partial charge is 0.444 e. The molecule has 1 aromatic heterocycles. The van der Waals surface area contributed by atoms with Crippen molar-refractivity contribution in [2.75, 3.05) is 13.1 Å². The predicted octanol–water partition coefficient (Wildman–Crippen LogP) is 1.73. The molecule has 1 unspecified atom stereocenters. The van der Waals surface area contributed by atoms with Gasteiger partial charge in [-0.2, -0.15) is 0 Å². The van der Waals surface area contributed by atoms with Crippen molar-refractivity contribution in [1.82, 2.24) is 15.2 Å². The molecule has 0 aromatic carbocycles. The summed E-state index contributed by atoms with van der Waals surface area (Å²) in [6.07, 6.45) is 6.07. The lowest BCUT2D eigenvalue weighted by atomic mass is 10.1. The number of likely N-dealkylation sites (tertiary alicyclic amines) is 1. The molecule has 0 radical (unpaired) electrons. The first-order chi connectivity index (χ1) is 9.20. The summed E-state index contributed by atoms with van der Waals surface area (Å²) in [6.45, 7) is 6.22.